The van der Waals surface area contributed by atoms with Crippen molar-refractivity contribution >= 4 is 11.6 Å². The molecule has 1 aromatic rings. The van der Waals surface area contributed by atoms with Gasteiger partial charge in [-0.05, 0) is 30.9 Å². The number of rotatable bonds is 5. The van der Waals surface area contributed by atoms with Crippen LogP contribution in [0.1, 0.15) is 24.8 Å². The molecule has 136 valence electrons. The van der Waals surface area contributed by atoms with Crippen LogP contribution >= 0.6 is 0 Å². The highest BCUT2D eigenvalue weighted by Gasteiger charge is 2.26. The molecule has 0 spiro atoms. The number of anilines is 1. The Hall–Kier alpha value is -1.43. The third-order valence-electron chi connectivity index (χ3n) is 5.78. The molecule has 1 aromatic carbocycles. The summed E-state index contributed by atoms with van der Waals surface area (Å²) in [6.45, 7) is 8.07. The highest BCUT2D eigenvalue weighted by atomic mass is 16.5. The molecule has 5 nitrogen and oxygen atoms in total. The van der Waals surface area contributed by atoms with Gasteiger partial charge in [-0.25, -0.2) is 0 Å². The molecule has 3 aliphatic rings. The van der Waals surface area contributed by atoms with Gasteiger partial charge in [0.05, 0.1) is 6.10 Å². The van der Waals surface area contributed by atoms with Crippen LogP contribution in [0.2, 0.25) is 0 Å². The Morgan fingerprint density at radius 3 is 2.68 bits per heavy atom. The summed E-state index contributed by atoms with van der Waals surface area (Å²) in [7, 11) is 0. The number of amides is 1. The lowest BCUT2D eigenvalue weighted by Crippen LogP contribution is -2.49. The fraction of sp³-hybridized carbons (Fsp3) is 0.650. The SMILES string of the molecule is O=C(CCN1CCN(CC2CCCO2)CC1)N1CCc2ccccc21. The molecule has 1 unspecified atom stereocenters. The van der Waals surface area contributed by atoms with Gasteiger partial charge < -0.3 is 14.5 Å². The lowest BCUT2D eigenvalue weighted by Gasteiger charge is -2.35. The maximum atomic E-state index is 12.6. The number of hydrogen-bond donors (Lipinski definition) is 0. The predicted molar refractivity (Wildman–Crippen MR) is 99.0 cm³/mol. The number of ether oxygens (including phenoxy) is 1. The highest BCUT2D eigenvalue weighted by molar-refractivity contribution is 5.95. The zero-order valence-corrected chi connectivity index (χ0v) is 15.0. The summed E-state index contributed by atoms with van der Waals surface area (Å²) in [4.78, 5) is 19.5. The Balaban J connectivity index is 1.20. The number of hydrogen-bond acceptors (Lipinski definition) is 4. The van der Waals surface area contributed by atoms with Crippen molar-refractivity contribution in [3.63, 3.8) is 0 Å². The molecule has 25 heavy (non-hydrogen) atoms. The van der Waals surface area contributed by atoms with Crippen molar-refractivity contribution in [2.24, 2.45) is 0 Å². The van der Waals surface area contributed by atoms with Crippen LogP contribution < -0.4 is 4.90 Å². The number of benzene rings is 1. The molecule has 2 saturated heterocycles. The second-order valence-electron chi connectivity index (χ2n) is 7.45. The van der Waals surface area contributed by atoms with E-state index in [-0.39, 0.29) is 5.91 Å². The Bertz CT molecular complexity index is 592. The van der Waals surface area contributed by atoms with Gasteiger partial charge in [0.25, 0.3) is 0 Å². The number of nitrogens with zero attached hydrogens (tertiary/aromatic N) is 3. The predicted octanol–water partition coefficient (Wildman–Crippen LogP) is 1.76. The lowest BCUT2D eigenvalue weighted by atomic mass is 10.2. The van der Waals surface area contributed by atoms with Crippen molar-refractivity contribution in [3.8, 4) is 0 Å². The normalized spacial score (nSPS) is 24.6. The molecule has 0 bridgehead atoms. The summed E-state index contributed by atoms with van der Waals surface area (Å²) in [6.07, 6.45) is 4.49. The quantitative estimate of drug-likeness (QED) is 0.816. The van der Waals surface area contributed by atoms with Gasteiger partial charge in [-0.15, -0.1) is 0 Å². The van der Waals surface area contributed by atoms with Crippen molar-refractivity contribution in [2.45, 2.75) is 31.8 Å². The minimum atomic E-state index is 0.270. The minimum Gasteiger partial charge on any atom is -0.377 e. The highest BCUT2D eigenvalue weighted by Crippen LogP contribution is 2.27. The maximum absolute atomic E-state index is 12.6. The van der Waals surface area contributed by atoms with Crippen molar-refractivity contribution in [1.82, 2.24) is 9.80 Å². The molecule has 2 fully saturated rings. The summed E-state index contributed by atoms with van der Waals surface area (Å²) >= 11 is 0. The van der Waals surface area contributed by atoms with Crippen LogP contribution in [0.15, 0.2) is 24.3 Å². The van der Waals surface area contributed by atoms with E-state index in [0.29, 0.717) is 12.5 Å². The van der Waals surface area contributed by atoms with Crippen LogP contribution in [0, 0.1) is 0 Å². The molecule has 0 N–H and O–H groups in total. The molecule has 0 saturated carbocycles. The summed E-state index contributed by atoms with van der Waals surface area (Å²) in [6, 6.07) is 8.29. The van der Waals surface area contributed by atoms with Crippen molar-refractivity contribution < 1.29 is 9.53 Å². The number of carbonyl (C=O) groups is 1. The molecule has 4 rings (SSSR count). The van der Waals surface area contributed by atoms with Gasteiger partial charge in [-0.1, -0.05) is 18.2 Å². The van der Waals surface area contributed by atoms with Crippen LogP contribution in [-0.2, 0) is 16.0 Å². The van der Waals surface area contributed by atoms with E-state index < -0.39 is 0 Å². The third kappa shape index (κ3) is 4.05. The van der Waals surface area contributed by atoms with E-state index in [1.807, 2.05) is 11.0 Å². The molecule has 0 aliphatic carbocycles. The Kier molecular flexibility index (Phi) is 5.34. The smallest absolute Gasteiger partial charge is 0.228 e. The lowest BCUT2D eigenvalue weighted by molar-refractivity contribution is -0.118. The molecule has 0 radical (unpaired) electrons. The molecule has 1 amide bonds. The summed E-state index contributed by atoms with van der Waals surface area (Å²) in [5.41, 5.74) is 2.42. The first-order chi connectivity index (χ1) is 12.3. The first-order valence-electron chi connectivity index (χ1n) is 9.74. The monoisotopic (exact) mass is 343 g/mol. The Morgan fingerprint density at radius 2 is 1.88 bits per heavy atom. The molecule has 3 heterocycles. The molecule has 1 atom stereocenters. The van der Waals surface area contributed by atoms with E-state index in [2.05, 4.69) is 28.0 Å². The number of carbonyl (C=O) groups excluding carboxylic acids is 1. The van der Waals surface area contributed by atoms with Crippen LogP contribution in [0.4, 0.5) is 5.69 Å². The first kappa shape index (κ1) is 17.0. The zero-order valence-electron chi connectivity index (χ0n) is 15.0. The van der Waals surface area contributed by atoms with Crippen molar-refractivity contribution in [2.75, 3.05) is 57.3 Å². The Morgan fingerprint density at radius 1 is 1.08 bits per heavy atom. The van der Waals surface area contributed by atoms with Gasteiger partial charge in [0.15, 0.2) is 0 Å². The molecular weight excluding hydrogens is 314 g/mol. The fourth-order valence-corrected chi connectivity index (χ4v) is 4.26. The van der Waals surface area contributed by atoms with Gasteiger partial charge in [0.1, 0.15) is 0 Å². The van der Waals surface area contributed by atoms with Crippen molar-refractivity contribution in [3.05, 3.63) is 29.8 Å². The molecule has 0 aromatic heterocycles. The zero-order chi connectivity index (χ0) is 17.1. The topological polar surface area (TPSA) is 36.0 Å². The van der Waals surface area contributed by atoms with E-state index in [0.717, 1.165) is 64.5 Å². The van der Waals surface area contributed by atoms with Crippen LogP contribution in [-0.4, -0.2) is 74.2 Å². The summed E-state index contributed by atoms with van der Waals surface area (Å²) in [5, 5.41) is 0. The minimum absolute atomic E-state index is 0.270. The largest absolute Gasteiger partial charge is 0.377 e. The van der Waals surface area contributed by atoms with E-state index in [9.17, 15) is 4.79 Å². The van der Waals surface area contributed by atoms with Gasteiger partial charge >= 0.3 is 0 Å². The second kappa shape index (κ2) is 7.85. The van der Waals surface area contributed by atoms with Gasteiger partial charge in [0, 0.05) is 64.5 Å². The van der Waals surface area contributed by atoms with Crippen LogP contribution in [0.5, 0.6) is 0 Å². The summed E-state index contributed by atoms with van der Waals surface area (Å²) in [5.74, 6) is 0.270. The van der Waals surface area contributed by atoms with Crippen LogP contribution in [0.25, 0.3) is 0 Å². The van der Waals surface area contributed by atoms with E-state index in [1.54, 1.807) is 0 Å². The number of piperazine rings is 1. The van der Waals surface area contributed by atoms with E-state index in [4.69, 9.17) is 4.74 Å². The van der Waals surface area contributed by atoms with Crippen molar-refractivity contribution in [1.29, 1.82) is 0 Å². The fourth-order valence-electron chi connectivity index (χ4n) is 4.26. The molecule has 5 heteroatoms. The summed E-state index contributed by atoms with van der Waals surface area (Å²) < 4.78 is 5.74. The molecular formula is C20H29N3O2. The number of fused-ring (bicyclic) bond motifs is 1. The standard InChI is InChI=1S/C20H29N3O2/c24-20(23-10-7-17-4-1-2-6-19(17)23)8-9-21-11-13-22(14-12-21)16-18-5-3-15-25-18/h1-2,4,6,18H,3,5,7-16H2. The third-order valence-corrected chi connectivity index (χ3v) is 5.78. The number of para-hydroxylation sites is 1. The average molecular weight is 343 g/mol. The van der Waals surface area contributed by atoms with Gasteiger partial charge in [-0.3, -0.25) is 9.69 Å². The van der Waals surface area contributed by atoms with Gasteiger partial charge in [0.2, 0.25) is 5.91 Å². The Labute approximate surface area is 150 Å². The van der Waals surface area contributed by atoms with E-state index in [1.165, 1.54) is 18.4 Å². The molecule has 3 aliphatic heterocycles. The first-order valence-corrected chi connectivity index (χ1v) is 9.74. The van der Waals surface area contributed by atoms with E-state index >= 15 is 0 Å². The van der Waals surface area contributed by atoms with Gasteiger partial charge in [-0.2, -0.15) is 0 Å². The maximum Gasteiger partial charge on any atom is 0.228 e. The average Bonchev–Trinajstić information content (AvgIpc) is 3.30. The van der Waals surface area contributed by atoms with Crippen LogP contribution in [0.3, 0.4) is 0 Å². The second-order valence-corrected chi connectivity index (χ2v) is 7.45.